The van der Waals surface area contributed by atoms with Gasteiger partial charge in [-0.2, -0.15) is 5.26 Å². The molecular formula is C13H12ClN3O2S2. The van der Waals surface area contributed by atoms with Crippen LogP contribution in [0.5, 0.6) is 0 Å². The first kappa shape index (κ1) is 15.9. The Morgan fingerprint density at radius 1 is 1.48 bits per heavy atom. The first-order valence-electron chi connectivity index (χ1n) is 6.03. The molecule has 0 saturated carbocycles. The third-order valence-corrected chi connectivity index (χ3v) is 5.62. The fraction of sp³-hybridized carbons (Fsp3) is 0.231. The number of nitrogens with zero attached hydrogens (tertiary/aromatic N) is 2. The highest BCUT2D eigenvalue weighted by Crippen LogP contribution is 2.22. The summed E-state index contributed by atoms with van der Waals surface area (Å²) < 4.78 is 26.8. The zero-order chi connectivity index (χ0) is 15.5. The molecule has 1 heterocycles. The van der Waals surface area contributed by atoms with E-state index in [0.717, 1.165) is 10.7 Å². The van der Waals surface area contributed by atoms with Crippen LogP contribution in [0.3, 0.4) is 0 Å². The van der Waals surface area contributed by atoms with Gasteiger partial charge in [0.2, 0.25) is 10.0 Å². The molecule has 0 aliphatic heterocycles. The Morgan fingerprint density at radius 3 is 2.81 bits per heavy atom. The summed E-state index contributed by atoms with van der Waals surface area (Å²) in [4.78, 5) is 4.24. The average Bonchev–Trinajstić information content (AvgIpc) is 2.83. The molecule has 0 bridgehead atoms. The molecule has 0 saturated heterocycles. The first-order chi connectivity index (χ1) is 9.92. The van der Waals surface area contributed by atoms with Crippen LogP contribution < -0.4 is 4.72 Å². The first-order valence-corrected chi connectivity index (χ1v) is 8.77. The van der Waals surface area contributed by atoms with Crippen molar-refractivity contribution in [3.63, 3.8) is 0 Å². The molecule has 0 atom stereocenters. The van der Waals surface area contributed by atoms with Gasteiger partial charge in [-0.1, -0.05) is 11.6 Å². The highest BCUT2D eigenvalue weighted by Gasteiger charge is 2.17. The van der Waals surface area contributed by atoms with Gasteiger partial charge < -0.3 is 0 Å². The Kier molecular flexibility index (Phi) is 4.96. The molecule has 0 unspecified atom stereocenters. The van der Waals surface area contributed by atoms with Crippen LogP contribution in [0.15, 0.2) is 28.5 Å². The number of aromatic nitrogens is 1. The second kappa shape index (κ2) is 6.54. The number of nitrogens with one attached hydrogen (secondary N) is 1. The third-order valence-electron chi connectivity index (χ3n) is 2.65. The number of benzene rings is 1. The second-order valence-corrected chi connectivity index (χ2v) is 7.37. The average molecular weight is 342 g/mol. The Morgan fingerprint density at radius 2 is 2.24 bits per heavy atom. The molecule has 1 aromatic carbocycles. The minimum atomic E-state index is -3.69. The molecule has 0 amide bonds. The van der Waals surface area contributed by atoms with Gasteiger partial charge in [-0.25, -0.2) is 18.1 Å². The molecule has 110 valence electrons. The molecule has 21 heavy (non-hydrogen) atoms. The van der Waals surface area contributed by atoms with Crippen LogP contribution in [0, 0.1) is 18.3 Å². The molecule has 1 aromatic heterocycles. The summed E-state index contributed by atoms with van der Waals surface area (Å²) in [5.41, 5.74) is 1.24. The lowest BCUT2D eigenvalue weighted by atomic mass is 10.2. The van der Waals surface area contributed by atoms with Crippen molar-refractivity contribution in [1.29, 1.82) is 5.26 Å². The summed E-state index contributed by atoms with van der Waals surface area (Å²) in [6.45, 7) is 2.13. The van der Waals surface area contributed by atoms with E-state index in [2.05, 4.69) is 9.71 Å². The SMILES string of the molecule is Cc1csc(CCNS(=O)(=O)c2ccc(C#N)cc2Cl)n1. The van der Waals surface area contributed by atoms with Crippen LogP contribution in [-0.2, 0) is 16.4 Å². The maximum absolute atomic E-state index is 12.2. The lowest BCUT2D eigenvalue weighted by Crippen LogP contribution is -2.26. The summed E-state index contributed by atoms with van der Waals surface area (Å²) >= 11 is 7.41. The van der Waals surface area contributed by atoms with Crippen molar-refractivity contribution >= 4 is 33.0 Å². The number of halogens is 1. The summed E-state index contributed by atoms with van der Waals surface area (Å²) in [6, 6.07) is 5.99. The number of hydrogen-bond donors (Lipinski definition) is 1. The van der Waals surface area contributed by atoms with Gasteiger partial charge in [0, 0.05) is 24.0 Å². The van der Waals surface area contributed by atoms with Gasteiger partial charge >= 0.3 is 0 Å². The number of nitriles is 1. The van der Waals surface area contributed by atoms with Crippen molar-refractivity contribution in [1.82, 2.24) is 9.71 Å². The number of aryl methyl sites for hydroxylation is 1. The minimum absolute atomic E-state index is 0.0292. The Labute approximate surface area is 132 Å². The predicted octanol–water partition coefficient (Wildman–Crippen LogP) is 2.50. The Bertz CT molecular complexity index is 794. The monoisotopic (exact) mass is 341 g/mol. The van der Waals surface area contributed by atoms with Crippen molar-refractivity contribution < 1.29 is 8.42 Å². The lowest BCUT2D eigenvalue weighted by Gasteiger charge is -2.07. The van der Waals surface area contributed by atoms with E-state index in [0.29, 0.717) is 12.0 Å². The molecule has 2 rings (SSSR count). The van der Waals surface area contributed by atoms with Crippen LogP contribution in [0.1, 0.15) is 16.3 Å². The molecular weight excluding hydrogens is 330 g/mol. The Hall–Kier alpha value is -1.46. The summed E-state index contributed by atoms with van der Waals surface area (Å²) in [5, 5.41) is 11.6. The fourth-order valence-electron chi connectivity index (χ4n) is 1.68. The smallest absolute Gasteiger partial charge is 0.242 e. The Balaban J connectivity index is 2.06. The van der Waals surface area contributed by atoms with E-state index in [1.807, 2.05) is 18.4 Å². The van der Waals surface area contributed by atoms with E-state index in [4.69, 9.17) is 16.9 Å². The quantitative estimate of drug-likeness (QED) is 0.905. The molecule has 1 N–H and O–H groups in total. The molecule has 0 spiro atoms. The molecule has 5 nitrogen and oxygen atoms in total. The van der Waals surface area contributed by atoms with Crippen LogP contribution in [-0.4, -0.2) is 19.9 Å². The minimum Gasteiger partial charge on any atom is -0.247 e. The zero-order valence-corrected chi connectivity index (χ0v) is 13.5. The highest BCUT2D eigenvalue weighted by molar-refractivity contribution is 7.89. The van der Waals surface area contributed by atoms with Crippen molar-refractivity contribution in [3.8, 4) is 6.07 Å². The molecule has 0 fully saturated rings. The van der Waals surface area contributed by atoms with Crippen LogP contribution in [0.4, 0.5) is 0 Å². The van der Waals surface area contributed by atoms with Gasteiger partial charge in [-0.3, -0.25) is 0 Å². The topological polar surface area (TPSA) is 82.9 Å². The number of hydrogen-bond acceptors (Lipinski definition) is 5. The van der Waals surface area contributed by atoms with E-state index in [1.54, 1.807) is 0 Å². The van der Waals surface area contributed by atoms with Gasteiger partial charge in [0.15, 0.2) is 0 Å². The van der Waals surface area contributed by atoms with Gasteiger partial charge in [-0.05, 0) is 25.1 Å². The number of rotatable bonds is 5. The lowest BCUT2D eigenvalue weighted by molar-refractivity contribution is 0.581. The van der Waals surface area contributed by atoms with E-state index in [9.17, 15) is 8.42 Å². The highest BCUT2D eigenvalue weighted by atomic mass is 35.5. The zero-order valence-electron chi connectivity index (χ0n) is 11.1. The van der Waals surface area contributed by atoms with Crippen molar-refractivity contribution in [2.24, 2.45) is 0 Å². The molecule has 8 heteroatoms. The third kappa shape index (κ3) is 4.02. The van der Waals surface area contributed by atoms with Crippen LogP contribution in [0.25, 0.3) is 0 Å². The number of sulfonamides is 1. The fourth-order valence-corrected chi connectivity index (χ4v) is 4.03. The summed E-state index contributed by atoms with van der Waals surface area (Å²) in [7, 11) is -3.69. The summed E-state index contributed by atoms with van der Waals surface area (Å²) in [5.74, 6) is 0. The van der Waals surface area contributed by atoms with Crippen molar-refractivity contribution in [3.05, 3.63) is 44.9 Å². The molecule has 2 aromatic rings. The van der Waals surface area contributed by atoms with Gasteiger partial charge in [0.05, 0.1) is 21.7 Å². The van der Waals surface area contributed by atoms with Gasteiger partial charge in [-0.15, -0.1) is 11.3 Å². The van der Waals surface area contributed by atoms with Crippen molar-refractivity contribution in [2.75, 3.05) is 6.54 Å². The van der Waals surface area contributed by atoms with E-state index < -0.39 is 10.0 Å². The normalized spacial score (nSPS) is 11.3. The molecule has 0 radical (unpaired) electrons. The van der Waals surface area contributed by atoms with E-state index in [1.165, 1.54) is 29.5 Å². The standard InChI is InChI=1S/C13H12ClN3O2S2/c1-9-8-20-13(17-9)4-5-16-21(18,19)12-3-2-10(7-15)6-11(12)14/h2-3,6,8,16H,4-5H2,1H3. The summed E-state index contributed by atoms with van der Waals surface area (Å²) in [6.07, 6.45) is 0.519. The van der Waals surface area contributed by atoms with E-state index in [-0.39, 0.29) is 16.5 Å². The van der Waals surface area contributed by atoms with Gasteiger partial charge in [0.25, 0.3) is 0 Å². The number of thiazole rings is 1. The largest absolute Gasteiger partial charge is 0.247 e. The van der Waals surface area contributed by atoms with Crippen LogP contribution >= 0.6 is 22.9 Å². The van der Waals surface area contributed by atoms with E-state index >= 15 is 0 Å². The molecule has 0 aliphatic carbocycles. The maximum Gasteiger partial charge on any atom is 0.242 e. The van der Waals surface area contributed by atoms with Crippen molar-refractivity contribution in [2.45, 2.75) is 18.2 Å². The second-order valence-electron chi connectivity index (χ2n) is 4.29. The predicted molar refractivity (Wildman–Crippen MR) is 81.9 cm³/mol. The van der Waals surface area contributed by atoms with Crippen LogP contribution in [0.2, 0.25) is 5.02 Å². The van der Waals surface area contributed by atoms with Gasteiger partial charge in [0.1, 0.15) is 4.90 Å². The molecule has 0 aliphatic rings. The maximum atomic E-state index is 12.2.